The first-order valence-corrected chi connectivity index (χ1v) is 8.61. The van der Waals surface area contributed by atoms with Crippen LogP contribution in [0.4, 0.5) is 5.69 Å². The molecule has 1 aromatic carbocycles. The van der Waals surface area contributed by atoms with Crippen molar-refractivity contribution >= 4 is 46.2 Å². The Kier molecular flexibility index (Phi) is 7.24. The minimum Gasteiger partial charge on any atom is -0.383 e. The first-order chi connectivity index (χ1) is 11.5. The lowest BCUT2D eigenvalue weighted by Crippen LogP contribution is -2.39. The van der Waals surface area contributed by atoms with E-state index in [0.29, 0.717) is 28.3 Å². The number of halogens is 2. The molecule has 2 aromatic rings. The van der Waals surface area contributed by atoms with Gasteiger partial charge >= 0.3 is 0 Å². The zero-order valence-electron chi connectivity index (χ0n) is 13.5. The minimum atomic E-state index is -0.00370. The van der Waals surface area contributed by atoms with Crippen molar-refractivity contribution in [3.8, 4) is 0 Å². The number of nitrogens with zero attached hydrogens (tertiary/aromatic N) is 2. The Balaban J connectivity index is 2.18. The first kappa shape index (κ1) is 18.9. The number of methoxy groups -OCH3 is 1. The van der Waals surface area contributed by atoms with E-state index >= 15 is 0 Å². The van der Waals surface area contributed by atoms with E-state index in [1.807, 2.05) is 23.1 Å². The molecule has 0 radical (unpaired) electrons. The minimum absolute atomic E-state index is 0.00370. The second kappa shape index (κ2) is 9.18. The summed E-state index contributed by atoms with van der Waals surface area (Å²) in [7, 11) is 1.66. The second-order valence-electron chi connectivity index (χ2n) is 5.21. The normalized spacial score (nSPS) is 11.8. The number of anilines is 1. The molecule has 0 unspecified atom stereocenters. The third-order valence-corrected chi connectivity index (χ3v) is 4.27. The molecule has 0 spiro atoms. The third-order valence-electron chi connectivity index (χ3n) is 3.49. The molecule has 0 aliphatic heterocycles. The monoisotopic (exact) mass is 383 g/mol. The maximum absolute atomic E-state index is 6.04. The van der Waals surface area contributed by atoms with Crippen molar-refractivity contribution in [3.63, 3.8) is 0 Å². The number of thiocarbonyl (C=S) groups is 1. The summed E-state index contributed by atoms with van der Waals surface area (Å²) >= 11 is 17.7. The maximum atomic E-state index is 6.04. The Morgan fingerprint density at radius 3 is 2.58 bits per heavy atom. The number of ether oxygens (including phenoxy) is 1. The fourth-order valence-electron chi connectivity index (χ4n) is 2.26. The van der Waals surface area contributed by atoms with Crippen LogP contribution < -0.4 is 5.32 Å². The molecular formula is C17H19Cl2N3OS. The van der Waals surface area contributed by atoms with E-state index in [1.54, 1.807) is 31.5 Å². The van der Waals surface area contributed by atoms with Gasteiger partial charge in [-0.25, -0.2) is 0 Å². The molecule has 0 amide bonds. The van der Waals surface area contributed by atoms with E-state index in [9.17, 15) is 0 Å². The predicted octanol–water partition coefficient (Wildman–Crippen LogP) is 4.79. The van der Waals surface area contributed by atoms with Crippen LogP contribution >= 0.6 is 35.4 Å². The molecular weight excluding hydrogens is 365 g/mol. The largest absolute Gasteiger partial charge is 0.383 e. The van der Waals surface area contributed by atoms with Gasteiger partial charge in [-0.3, -0.25) is 4.98 Å². The van der Waals surface area contributed by atoms with Gasteiger partial charge in [0.15, 0.2) is 5.11 Å². The number of nitrogens with one attached hydrogen (secondary N) is 1. The topological polar surface area (TPSA) is 37.4 Å². The number of hydrogen-bond donors (Lipinski definition) is 1. The highest BCUT2D eigenvalue weighted by Crippen LogP contribution is 2.24. The van der Waals surface area contributed by atoms with Crippen LogP contribution in [0, 0.1) is 0 Å². The lowest BCUT2D eigenvalue weighted by atomic mass is 10.2. The van der Waals surface area contributed by atoms with Gasteiger partial charge in [-0.2, -0.15) is 0 Å². The van der Waals surface area contributed by atoms with Crippen molar-refractivity contribution < 1.29 is 4.74 Å². The van der Waals surface area contributed by atoms with E-state index in [2.05, 4.69) is 17.2 Å². The molecule has 4 nitrogen and oxygen atoms in total. The Labute approximate surface area is 157 Å². The van der Waals surface area contributed by atoms with Crippen LogP contribution in [0.1, 0.15) is 18.7 Å². The summed E-state index contributed by atoms with van der Waals surface area (Å²) in [6, 6.07) is 11.1. The average molecular weight is 384 g/mol. The van der Waals surface area contributed by atoms with Crippen molar-refractivity contribution in [1.82, 2.24) is 9.88 Å². The zero-order chi connectivity index (χ0) is 17.5. The summed E-state index contributed by atoms with van der Waals surface area (Å²) < 4.78 is 5.21. The molecule has 0 aliphatic rings. The molecule has 1 N–H and O–H groups in total. The number of benzene rings is 1. The first-order valence-electron chi connectivity index (χ1n) is 7.45. The van der Waals surface area contributed by atoms with Crippen LogP contribution in [0.3, 0.4) is 0 Å². The number of aromatic nitrogens is 1. The molecule has 128 valence electrons. The van der Waals surface area contributed by atoms with Gasteiger partial charge in [0.1, 0.15) is 0 Å². The van der Waals surface area contributed by atoms with Crippen LogP contribution in [-0.2, 0) is 4.74 Å². The van der Waals surface area contributed by atoms with Crippen LogP contribution in [-0.4, -0.2) is 35.3 Å². The number of rotatable bonds is 6. The molecule has 1 heterocycles. The zero-order valence-corrected chi connectivity index (χ0v) is 15.8. The van der Waals surface area contributed by atoms with E-state index in [1.165, 1.54) is 0 Å². The summed E-state index contributed by atoms with van der Waals surface area (Å²) in [6.07, 6.45) is 1.77. The Morgan fingerprint density at radius 1 is 1.29 bits per heavy atom. The summed E-state index contributed by atoms with van der Waals surface area (Å²) in [5, 5.41) is 4.85. The van der Waals surface area contributed by atoms with Gasteiger partial charge < -0.3 is 15.0 Å². The van der Waals surface area contributed by atoms with E-state index in [0.717, 1.165) is 11.4 Å². The van der Waals surface area contributed by atoms with Gasteiger partial charge in [0.25, 0.3) is 0 Å². The lowest BCUT2D eigenvalue weighted by Gasteiger charge is -2.31. The number of hydrogen-bond acceptors (Lipinski definition) is 3. The van der Waals surface area contributed by atoms with Crippen LogP contribution in [0.15, 0.2) is 42.6 Å². The SMILES string of the molecule is COCCN(C(=S)Nc1cc(Cl)cc(Cl)c1)[C@H](C)c1ccccn1. The van der Waals surface area contributed by atoms with E-state index < -0.39 is 0 Å². The van der Waals surface area contributed by atoms with Crippen molar-refractivity contribution in [2.24, 2.45) is 0 Å². The summed E-state index contributed by atoms with van der Waals surface area (Å²) in [5.74, 6) is 0. The highest BCUT2D eigenvalue weighted by atomic mass is 35.5. The molecule has 1 atom stereocenters. The van der Waals surface area contributed by atoms with Crippen LogP contribution in [0.5, 0.6) is 0 Å². The van der Waals surface area contributed by atoms with Crippen molar-refractivity contribution in [2.45, 2.75) is 13.0 Å². The van der Waals surface area contributed by atoms with Crippen molar-refractivity contribution in [1.29, 1.82) is 0 Å². The fraction of sp³-hybridized carbons (Fsp3) is 0.294. The highest BCUT2D eigenvalue weighted by Gasteiger charge is 2.19. The molecule has 24 heavy (non-hydrogen) atoms. The van der Waals surface area contributed by atoms with E-state index in [4.69, 9.17) is 40.2 Å². The van der Waals surface area contributed by atoms with Crippen molar-refractivity contribution in [2.75, 3.05) is 25.6 Å². The molecule has 2 rings (SSSR count). The fourth-order valence-corrected chi connectivity index (χ4v) is 3.16. The van der Waals surface area contributed by atoms with Gasteiger partial charge in [0.2, 0.25) is 0 Å². The Bertz CT molecular complexity index is 665. The highest BCUT2D eigenvalue weighted by molar-refractivity contribution is 7.80. The molecule has 0 bridgehead atoms. The maximum Gasteiger partial charge on any atom is 0.174 e. The Morgan fingerprint density at radius 2 is 2.00 bits per heavy atom. The second-order valence-corrected chi connectivity index (χ2v) is 6.46. The van der Waals surface area contributed by atoms with Crippen LogP contribution in [0.2, 0.25) is 10.0 Å². The molecule has 0 aliphatic carbocycles. The Hall–Kier alpha value is -1.40. The quantitative estimate of drug-likeness (QED) is 0.725. The van der Waals surface area contributed by atoms with Gasteiger partial charge in [-0.05, 0) is 49.5 Å². The van der Waals surface area contributed by atoms with Gasteiger partial charge in [0, 0.05) is 35.6 Å². The average Bonchev–Trinajstić information content (AvgIpc) is 2.54. The van der Waals surface area contributed by atoms with E-state index in [-0.39, 0.29) is 6.04 Å². The summed E-state index contributed by atoms with van der Waals surface area (Å²) in [6.45, 7) is 3.24. The smallest absolute Gasteiger partial charge is 0.174 e. The molecule has 7 heteroatoms. The van der Waals surface area contributed by atoms with Gasteiger partial charge in [0.05, 0.1) is 18.3 Å². The molecule has 0 saturated heterocycles. The molecule has 0 fully saturated rings. The summed E-state index contributed by atoms with van der Waals surface area (Å²) in [4.78, 5) is 6.44. The standard InChI is InChI=1S/C17H19Cl2N3OS/c1-12(16-5-3-4-6-20-16)22(7-8-23-2)17(24)21-15-10-13(18)9-14(19)11-15/h3-6,9-12H,7-8H2,1-2H3,(H,21,24)/t12-/m1/s1. The van der Waals surface area contributed by atoms with Crippen molar-refractivity contribution in [3.05, 3.63) is 58.3 Å². The van der Waals surface area contributed by atoms with Gasteiger partial charge in [-0.15, -0.1) is 0 Å². The summed E-state index contributed by atoms with van der Waals surface area (Å²) in [5.41, 5.74) is 1.68. The van der Waals surface area contributed by atoms with Gasteiger partial charge in [-0.1, -0.05) is 29.3 Å². The van der Waals surface area contributed by atoms with Crippen LogP contribution in [0.25, 0.3) is 0 Å². The lowest BCUT2D eigenvalue weighted by molar-refractivity contribution is 0.164. The third kappa shape index (κ3) is 5.31. The molecule has 0 saturated carbocycles. The number of pyridine rings is 1. The predicted molar refractivity (Wildman–Crippen MR) is 104 cm³/mol. The molecule has 1 aromatic heterocycles.